The van der Waals surface area contributed by atoms with Gasteiger partial charge >= 0.3 is 0 Å². The first kappa shape index (κ1) is 21.1. The first-order chi connectivity index (χ1) is 14.8. The average molecular weight is 423 g/mol. The lowest BCUT2D eigenvalue weighted by molar-refractivity contribution is 0.0998. The van der Waals surface area contributed by atoms with E-state index < -0.39 is 5.91 Å². The molecule has 0 radical (unpaired) electrons. The number of halogens is 1. The molecule has 1 aliphatic rings. The number of hydrogen-bond acceptors (Lipinski definition) is 5. The Hall–Kier alpha value is -3.13. The van der Waals surface area contributed by atoms with Gasteiger partial charge in [0.1, 0.15) is 11.6 Å². The summed E-state index contributed by atoms with van der Waals surface area (Å²) < 4.78 is 15.2. The normalized spacial score (nSPS) is 17.1. The summed E-state index contributed by atoms with van der Waals surface area (Å²) >= 11 is 0. The lowest BCUT2D eigenvalue weighted by Crippen LogP contribution is -2.34. The maximum atomic E-state index is 13.3. The van der Waals surface area contributed by atoms with Gasteiger partial charge in [0.2, 0.25) is 0 Å². The standard InChI is InChI=1S/C23H27FN6O/c1-14-19(22(25)31)12-26-23(27-14)21-6-4-5-11-29(21)13-20-15(2)28-30(16(20)3)18-9-7-17(24)8-10-18/h7-10,12,21H,4-6,11,13H2,1-3H3,(H2,25,31)/t21-/m0/s1. The molecule has 0 bridgehead atoms. The van der Waals surface area contributed by atoms with Crippen molar-refractivity contribution in [1.29, 1.82) is 0 Å². The highest BCUT2D eigenvalue weighted by Gasteiger charge is 2.28. The summed E-state index contributed by atoms with van der Waals surface area (Å²) in [6.07, 6.45) is 4.71. The van der Waals surface area contributed by atoms with Crippen LogP contribution in [0.4, 0.5) is 4.39 Å². The lowest BCUT2D eigenvalue weighted by Gasteiger charge is -2.35. The largest absolute Gasteiger partial charge is 0.365 e. The van der Waals surface area contributed by atoms with Crippen LogP contribution in [-0.2, 0) is 6.54 Å². The molecule has 1 aliphatic heterocycles. The van der Waals surface area contributed by atoms with Crippen LogP contribution in [0.5, 0.6) is 0 Å². The van der Waals surface area contributed by atoms with Crippen molar-refractivity contribution in [2.75, 3.05) is 6.54 Å². The van der Waals surface area contributed by atoms with Crippen LogP contribution in [0, 0.1) is 26.6 Å². The summed E-state index contributed by atoms with van der Waals surface area (Å²) in [5.41, 5.74) is 10.4. The van der Waals surface area contributed by atoms with Crippen molar-refractivity contribution in [3.05, 3.63) is 70.3 Å². The number of carbonyl (C=O) groups is 1. The number of rotatable bonds is 5. The molecule has 1 aromatic carbocycles. The van der Waals surface area contributed by atoms with Crippen LogP contribution in [0.25, 0.3) is 5.69 Å². The first-order valence-electron chi connectivity index (χ1n) is 10.5. The number of amides is 1. The van der Waals surface area contributed by atoms with Crippen LogP contribution >= 0.6 is 0 Å². The number of benzene rings is 1. The molecule has 0 aliphatic carbocycles. The molecular formula is C23H27FN6O. The zero-order valence-corrected chi connectivity index (χ0v) is 18.1. The van der Waals surface area contributed by atoms with Crippen LogP contribution < -0.4 is 5.73 Å². The van der Waals surface area contributed by atoms with E-state index in [0.29, 0.717) is 11.3 Å². The van der Waals surface area contributed by atoms with Gasteiger partial charge in [0.15, 0.2) is 0 Å². The monoisotopic (exact) mass is 422 g/mol. The van der Waals surface area contributed by atoms with Crippen molar-refractivity contribution < 1.29 is 9.18 Å². The maximum absolute atomic E-state index is 13.3. The molecule has 8 heteroatoms. The minimum Gasteiger partial charge on any atom is -0.365 e. The summed E-state index contributed by atoms with van der Waals surface area (Å²) in [5.74, 6) is -0.0493. The van der Waals surface area contributed by atoms with Crippen molar-refractivity contribution >= 4 is 5.91 Å². The second kappa shape index (κ2) is 8.55. The predicted molar refractivity (Wildman–Crippen MR) is 115 cm³/mol. The van der Waals surface area contributed by atoms with Gasteiger partial charge in [-0.1, -0.05) is 6.42 Å². The van der Waals surface area contributed by atoms with Crippen molar-refractivity contribution in [2.45, 2.75) is 52.6 Å². The number of nitrogens with two attached hydrogens (primary N) is 1. The van der Waals surface area contributed by atoms with Crippen molar-refractivity contribution in [3.63, 3.8) is 0 Å². The van der Waals surface area contributed by atoms with Crippen molar-refractivity contribution in [2.24, 2.45) is 5.73 Å². The molecule has 7 nitrogen and oxygen atoms in total. The number of likely N-dealkylation sites (tertiary alicyclic amines) is 1. The molecule has 3 heterocycles. The van der Waals surface area contributed by atoms with Gasteiger partial charge in [0.25, 0.3) is 5.91 Å². The fourth-order valence-electron chi connectivity index (χ4n) is 4.30. The first-order valence-corrected chi connectivity index (χ1v) is 10.5. The van der Waals surface area contributed by atoms with Gasteiger partial charge in [-0.3, -0.25) is 9.69 Å². The Bertz CT molecular complexity index is 1110. The summed E-state index contributed by atoms with van der Waals surface area (Å²) in [6, 6.07) is 6.43. The Labute approximate surface area is 181 Å². The molecule has 31 heavy (non-hydrogen) atoms. The highest BCUT2D eigenvalue weighted by atomic mass is 19.1. The highest BCUT2D eigenvalue weighted by Crippen LogP contribution is 2.32. The molecule has 2 N–H and O–H groups in total. The molecule has 0 saturated carbocycles. The second-order valence-corrected chi connectivity index (χ2v) is 8.11. The Morgan fingerprint density at radius 1 is 1.16 bits per heavy atom. The zero-order chi connectivity index (χ0) is 22.1. The number of nitrogens with zero attached hydrogens (tertiary/aromatic N) is 5. The van der Waals surface area contributed by atoms with Gasteiger partial charge < -0.3 is 5.73 Å². The van der Waals surface area contributed by atoms with Crippen LogP contribution in [0.3, 0.4) is 0 Å². The molecule has 0 unspecified atom stereocenters. The molecule has 1 atom stereocenters. The average Bonchev–Trinajstić information content (AvgIpc) is 3.02. The Kier molecular flexibility index (Phi) is 5.82. The van der Waals surface area contributed by atoms with Gasteiger partial charge in [-0.25, -0.2) is 19.0 Å². The molecule has 162 valence electrons. The number of piperidine rings is 1. The zero-order valence-electron chi connectivity index (χ0n) is 18.1. The van der Waals surface area contributed by atoms with Gasteiger partial charge in [-0.2, -0.15) is 5.10 Å². The summed E-state index contributed by atoms with van der Waals surface area (Å²) in [5, 5.41) is 4.70. The van der Waals surface area contributed by atoms with Crippen LogP contribution in [-0.4, -0.2) is 37.1 Å². The fourth-order valence-corrected chi connectivity index (χ4v) is 4.30. The minimum atomic E-state index is -0.510. The molecule has 1 amide bonds. The summed E-state index contributed by atoms with van der Waals surface area (Å²) in [4.78, 5) is 23.0. The Balaban J connectivity index is 1.62. The predicted octanol–water partition coefficient (Wildman–Crippen LogP) is 3.55. The summed E-state index contributed by atoms with van der Waals surface area (Å²) in [6.45, 7) is 7.50. The third-order valence-electron chi connectivity index (χ3n) is 6.05. The van der Waals surface area contributed by atoms with E-state index >= 15 is 0 Å². The molecule has 1 fully saturated rings. The van der Waals surface area contributed by atoms with Gasteiger partial charge in [-0.15, -0.1) is 0 Å². The smallest absolute Gasteiger partial charge is 0.252 e. The van der Waals surface area contributed by atoms with Gasteiger partial charge in [-0.05, 0) is 64.4 Å². The number of aromatic nitrogens is 4. The number of carbonyl (C=O) groups excluding carboxylic acids is 1. The Morgan fingerprint density at radius 3 is 2.58 bits per heavy atom. The van der Waals surface area contributed by atoms with E-state index in [1.165, 1.54) is 18.3 Å². The van der Waals surface area contributed by atoms with E-state index in [9.17, 15) is 9.18 Å². The van der Waals surface area contributed by atoms with Crippen LogP contribution in [0.15, 0.2) is 30.5 Å². The van der Waals surface area contributed by atoms with Crippen molar-refractivity contribution in [1.82, 2.24) is 24.6 Å². The van der Waals surface area contributed by atoms with Gasteiger partial charge in [0.05, 0.1) is 28.7 Å². The van der Waals surface area contributed by atoms with E-state index in [4.69, 9.17) is 10.8 Å². The highest BCUT2D eigenvalue weighted by molar-refractivity contribution is 5.93. The van der Waals surface area contributed by atoms with Gasteiger partial charge in [0, 0.05) is 24.0 Å². The molecular weight excluding hydrogens is 395 g/mol. The minimum absolute atomic E-state index is 0.0716. The quantitative estimate of drug-likeness (QED) is 0.679. The third-order valence-corrected chi connectivity index (χ3v) is 6.05. The van der Waals surface area contributed by atoms with Crippen molar-refractivity contribution in [3.8, 4) is 5.69 Å². The van der Waals surface area contributed by atoms with Crippen LogP contribution in [0.1, 0.15) is 64.1 Å². The van der Waals surface area contributed by atoms with E-state index in [1.807, 2.05) is 18.5 Å². The number of primary amides is 1. The molecule has 2 aromatic heterocycles. The second-order valence-electron chi connectivity index (χ2n) is 8.11. The number of hydrogen-bond donors (Lipinski definition) is 1. The molecule has 4 rings (SSSR count). The van der Waals surface area contributed by atoms with Crippen LogP contribution in [0.2, 0.25) is 0 Å². The fraction of sp³-hybridized carbons (Fsp3) is 0.391. The van der Waals surface area contributed by atoms with E-state index in [0.717, 1.165) is 60.8 Å². The molecule has 1 saturated heterocycles. The van der Waals surface area contributed by atoms with E-state index in [2.05, 4.69) is 14.9 Å². The Morgan fingerprint density at radius 2 is 1.90 bits per heavy atom. The summed E-state index contributed by atoms with van der Waals surface area (Å²) in [7, 11) is 0. The topological polar surface area (TPSA) is 89.9 Å². The molecule has 3 aromatic rings. The maximum Gasteiger partial charge on any atom is 0.252 e. The number of aryl methyl sites for hydroxylation is 2. The molecule has 0 spiro atoms. The van der Waals surface area contributed by atoms with E-state index in [1.54, 1.807) is 19.1 Å². The van der Waals surface area contributed by atoms with E-state index in [-0.39, 0.29) is 11.9 Å². The lowest BCUT2D eigenvalue weighted by atomic mass is 9.99. The third kappa shape index (κ3) is 4.20. The SMILES string of the molecule is Cc1nc([C@@H]2CCCCN2Cc2c(C)nn(-c3ccc(F)cc3)c2C)ncc1C(N)=O.